The standard InChI is InChI=1S/C15H23NO4S/c1-11(2)8-12-4-6-13(7-5-12)14(16)9-21(18,19)10-15(17)20-3/h4-7,11,14H,8-10,16H2,1-3H3. The van der Waals surface area contributed by atoms with Crippen LogP contribution in [0.2, 0.25) is 0 Å². The monoisotopic (exact) mass is 313 g/mol. The number of sulfone groups is 1. The van der Waals surface area contributed by atoms with Crippen molar-refractivity contribution in [1.82, 2.24) is 0 Å². The van der Waals surface area contributed by atoms with E-state index in [0.717, 1.165) is 19.1 Å². The Morgan fingerprint density at radius 2 is 1.81 bits per heavy atom. The van der Waals surface area contributed by atoms with Crippen molar-refractivity contribution in [2.75, 3.05) is 18.6 Å². The van der Waals surface area contributed by atoms with Crippen LogP contribution in [0.25, 0.3) is 0 Å². The van der Waals surface area contributed by atoms with Crippen LogP contribution in [0, 0.1) is 5.92 Å². The third-order valence-corrected chi connectivity index (χ3v) is 4.59. The molecule has 1 aromatic rings. The Morgan fingerprint density at radius 3 is 2.29 bits per heavy atom. The Morgan fingerprint density at radius 1 is 1.24 bits per heavy atom. The van der Waals surface area contributed by atoms with Gasteiger partial charge in [0, 0.05) is 6.04 Å². The molecule has 1 aromatic carbocycles. The van der Waals surface area contributed by atoms with Gasteiger partial charge in [0.25, 0.3) is 0 Å². The largest absolute Gasteiger partial charge is 0.468 e. The molecular weight excluding hydrogens is 290 g/mol. The van der Waals surface area contributed by atoms with Gasteiger partial charge in [-0.1, -0.05) is 38.1 Å². The number of ether oxygens (including phenoxy) is 1. The van der Waals surface area contributed by atoms with Crippen LogP contribution in [-0.2, 0) is 25.8 Å². The maximum absolute atomic E-state index is 11.8. The summed E-state index contributed by atoms with van der Waals surface area (Å²) in [6.07, 6.45) is 0.968. The summed E-state index contributed by atoms with van der Waals surface area (Å²) in [5.41, 5.74) is 7.86. The van der Waals surface area contributed by atoms with E-state index in [4.69, 9.17) is 5.73 Å². The fraction of sp³-hybridized carbons (Fsp3) is 0.533. The zero-order valence-corrected chi connectivity index (χ0v) is 13.5. The first-order valence-corrected chi connectivity index (χ1v) is 8.67. The minimum atomic E-state index is -3.57. The minimum absolute atomic E-state index is 0.272. The molecule has 0 radical (unpaired) electrons. The van der Waals surface area contributed by atoms with Crippen LogP contribution < -0.4 is 5.73 Å². The van der Waals surface area contributed by atoms with Crippen molar-refractivity contribution in [2.24, 2.45) is 11.7 Å². The summed E-state index contributed by atoms with van der Waals surface area (Å²) in [7, 11) is -2.41. The summed E-state index contributed by atoms with van der Waals surface area (Å²) < 4.78 is 28.0. The van der Waals surface area contributed by atoms with Crippen LogP contribution in [0.3, 0.4) is 0 Å². The normalized spacial score (nSPS) is 13.2. The molecule has 1 unspecified atom stereocenters. The lowest BCUT2D eigenvalue weighted by molar-refractivity contribution is -0.137. The second kappa shape index (κ2) is 7.56. The molecule has 118 valence electrons. The van der Waals surface area contributed by atoms with Gasteiger partial charge in [0.05, 0.1) is 12.9 Å². The third-order valence-electron chi connectivity index (χ3n) is 3.05. The summed E-state index contributed by atoms with van der Waals surface area (Å²) in [5, 5.41) is 0. The van der Waals surface area contributed by atoms with E-state index >= 15 is 0 Å². The molecule has 0 saturated carbocycles. The molecule has 0 fully saturated rings. The van der Waals surface area contributed by atoms with E-state index in [1.807, 2.05) is 24.3 Å². The maximum Gasteiger partial charge on any atom is 0.320 e. The predicted molar refractivity (Wildman–Crippen MR) is 82.6 cm³/mol. The Hall–Kier alpha value is -1.40. The molecule has 6 heteroatoms. The van der Waals surface area contributed by atoms with Gasteiger partial charge in [-0.2, -0.15) is 0 Å². The molecule has 21 heavy (non-hydrogen) atoms. The van der Waals surface area contributed by atoms with Gasteiger partial charge in [0.2, 0.25) is 0 Å². The van der Waals surface area contributed by atoms with Crippen LogP contribution in [0.1, 0.15) is 31.0 Å². The van der Waals surface area contributed by atoms with E-state index in [-0.39, 0.29) is 5.75 Å². The zero-order valence-electron chi connectivity index (χ0n) is 12.7. The second-order valence-corrected chi connectivity index (χ2v) is 7.69. The Kier molecular flexibility index (Phi) is 6.36. The number of esters is 1. The molecular formula is C15H23NO4S. The van der Waals surface area contributed by atoms with E-state index in [1.165, 1.54) is 5.56 Å². The van der Waals surface area contributed by atoms with Gasteiger partial charge < -0.3 is 10.5 Å². The van der Waals surface area contributed by atoms with Gasteiger partial charge in [-0.25, -0.2) is 8.42 Å². The summed E-state index contributed by atoms with van der Waals surface area (Å²) in [4.78, 5) is 11.1. The van der Waals surface area contributed by atoms with Crippen molar-refractivity contribution in [2.45, 2.75) is 26.3 Å². The van der Waals surface area contributed by atoms with E-state index in [0.29, 0.717) is 5.92 Å². The summed E-state index contributed by atoms with van der Waals surface area (Å²) in [6, 6.07) is 6.96. The number of hydrogen-bond donors (Lipinski definition) is 1. The van der Waals surface area contributed by atoms with Crippen LogP contribution in [0.4, 0.5) is 0 Å². The molecule has 0 aromatic heterocycles. The fourth-order valence-electron chi connectivity index (χ4n) is 2.04. The fourth-order valence-corrected chi connectivity index (χ4v) is 3.37. The highest BCUT2D eigenvalue weighted by Crippen LogP contribution is 2.16. The summed E-state index contributed by atoms with van der Waals surface area (Å²) >= 11 is 0. The van der Waals surface area contributed by atoms with Gasteiger partial charge in [-0.15, -0.1) is 0 Å². The Labute approximate surface area is 126 Å². The molecule has 0 saturated heterocycles. The number of methoxy groups -OCH3 is 1. The summed E-state index contributed by atoms with van der Waals surface area (Å²) in [6.45, 7) is 4.28. The molecule has 1 atom stereocenters. The number of rotatable bonds is 7. The molecule has 2 N–H and O–H groups in total. The average Bonchev–Trinajstić information content (AvgIpc) is 2.37. The SMILES string of the molecule is COC(=O)CS(=O)(=O)CC(N)c1ccc(CC(C)C)cc1. The zero-order chi connectivity index (χ0) is 16.0. The first kappa shape index (κ1) is 17.7. The molecule has 0 aliphatic carbocycles. The molecule has 0 heterocycles. The highest BCUT2D eigenvalue weighted by atomic mass is 32.2. The van der Waals surface area contributed by atoms with Crippen LogP contribution in [-0.4, -0.2) is 33.0 Å². The number of carbonyl (C=O) groups excluding carboxylic acids is 1. The quantitative estimate of drug-likeness (QED) is 0.770. The number of carbonyl (C=O) groups is 1. The molecule has 0 amide bonds. The lowest BCUT2D eigenvalue weighted by Gasteiger charge is -2.13. The average molecular weight is 313 g/mol. The first-order chi connectivity index (χ1) is 9.73. The Balaban J connectivity index is 2.71. The molecule has 0 bridgehead atoms. The molecule has 5 nitrogen and oxygen atoms in total. The minimum Gasteiger partial charge on any atom is -0.468 e. The van der Waals surface area contributed by atoms with Crippen molar-refractivity contribution >= 4 is 15.8 Å². The van der Waals surface area contributed by atoms with Crippen LogP contribution in [0.5, 0.6) is 0 Å². The highest BCUT2D eigenvalue weighted by Gasteiger charge is 2.21. The molecule has 1 rings (SSSR count). The van der Waals surface area contributed by atoms with E-state index in [2.05, 4.69) is 18.6 Å². The van der Waals surface area contributed by atoms with Gasteiger partial charge in [-0.3, -0.25) is 4.79 Å². The van der Waals surface area contributed by atoms with Crippen molar-refractivity contribution in [1.29, 1.82) is 0 Å². The lowest BCUT2D eigenvalue weighted by atomic mass is 10.0. The smallest absolute Gasteiger partial charge is 0.320 e. The Bertz CT molecular complexity index is 564. The van der Waals surface area contributed by atoms with Crippen molar-refractivity contribution < 1.29 is 17.9 Å². The maximum atomic E-state index is 11.8. The van der Waals surface area contributed by atoms with Gasteiger partial charge >= 0.3 is 5.97 Å². The van der Waals surface area contributed by atoms with Crippen LogP contribution in [0.15, 0.2) is 24.3 Å². The van der Waals surface area contributed by atoms with Crippen LogP contribution >= 0.6 is 0 Å². The summed E-state index contributed by atoms with van der Waals surface area (Å²) in [5.74, 6) is -1.12. The second-order valence-electron chi connectivity index (χ2n) is 5.58. The molecule has 0 spiro atoms. The van der Waals surface area contributed by atoms with Crippen molar-refractivity contribution in [3.05, 3.63) is 35.4 Å². The van der Waals surface area contributed by atoms with Gasteiger partial charge in [-0.05, 0) is 23.5 Å². The number of hydrogen-bond acceptors (Lipinski definition) is 5. The van der Waals surface area contributed by atoms with Crippen molar-refractivity contribution in [3.63, 3.8) is 0 Å². The van der Waals surface area contributed by atoms with E-state index in [1.54, 1.807) is 0 Å². The predicted octanol–water partition coefficient (Wildman–Crippen LogP) is 1.47. The first-order valence-electron chi connectivity index (χ1n) is 6.85. The highest BCUT2D eigenvalue weighted by molar-refractivity contribution is 7.92. The molecule has 0 aliphatic rings. The van der Waals surface area contributed by atoms with E-state index in [9.17, 15) is 13.2 Å². The third kappa shape index (κ3) is 6.27. The number of nitrogens with two attached hydrogens (primary N) is 1. The van der Waals surface area contributed by atoms with Gasteiger partial charge in [0.15, 0.2) is 9.84 Å². The topological polar surface area (TPSA) is 86.5 Å². The number of benzene rings is 1. The lowest BCUT2D eigenvalue weighted by Crippen LogP contribution is -2.27. The van der Waals surface area contributed by atoms with Crippen molar-refractivity contribution in [3.8, 4) is 0 Å². The van der Waals surface area contributed by atoms with E-state index < -0.39 is 27.6 Å². The van der Waals surface area contributed by atoms with Gasteiger partial charge in [0.1, 0.15) is 5.75 Å². The molecule has 0 aliphatic heterocycles.